The predicted molar refractivity (Wildman–Crippen MR) is 143 cm³/mol. The smallest absolute Gasteiger partial charge is 0.229 e. The number of aliphatic hydroxyl groups excluding tert-OH is 6. The van der Waals surface area contributed by atoms with Gasteiger partial charge in [-0.25, -0.2) is 0 Å². The van der Waals surface area contributed by atoms with Gasteiger partial charge in [0.2, 0.25) is 6.29 Å². The van der Waals surface area contributed by atoms with Crippen LogP contribution in [0.25, 0.3) is 0 Å². The molecule has 0 bridgehead atoms. The lowest BCUT2D eigenvalue weighted by Gasteiger charge is -2.42. The maximum Gasteiger partial charge on any atom is 0.229 e. The van der Waals surface area contributed by atoms with Gasteiger partial charge in [0.1, 0.15) is 65.5 Å². The third kappa shape index (κ3) is 7.12. The molecule has 0 saturated carbocycles. The Bertz CT molecular complexity index is 1250. The van der Waals surface area contributed by atoms with Gasteiger partial charge < -0.3 is 69.6 Å². The van der Waals surface area contributed by atoms with Crippen LogP contribution < -0.4 is 9.47 Å². The summed E-state index contributed by atoms with van der Waals surface area (Å²) in [5, 5.41) is 92.0. The number of carbonyl (C=O) groups excluding carboxylic acids is 1. The highest BCUT2D eigenvalue weighted by Crippen LogP contribution is 2.36. The Morgan fingerprint density at radius 3 is 2.05 bits per heavy atom. The minimum absolute atomic E-state index is 0.105. The molecule has 2 aliphatic heterocycles. The fourth-order valence-corrected chi connectivity index (χ4v) is 4.84. The highest BCUT2D eigenvalue weighted by Gasteiger charge is 2.47. The van der Waals surface area contributed by atoms with Crippen LogP contribution in [0.2, 0.25) is 0 Å². The van der Waals surface area contributed by atoms with Gasteiger partial charge in [0.05, 0.1) is 19.8 Å². The first-order valence-corrected chi connectivity index (χ1v) is 13.4. The largest absolute Gasteiger partial charge is 0.507 e. The average molecular weight is 613 g/mol. The van der Waals surface area contributed by atoms with E-state index in [4.69, 9.17) is 23.7 Å². The molecule has 9 N–H and O–H groups in total. The van der Waals surface area contributed by atoms with Crippen molar-refractivity contribution in [3.05, 3.63) is 41.5 Å². The van der Waals surface area contributed by atoms with Crippen molar-refractivity contribution >= 4 is 5.78 Å². The van der Waals surface area contributed by atoms with Crippen LogP contribution in [0.4, 0.5) is 0 Å². The molecule has 0 unspecified atom stereocenters. The Labute approximate surface area is 245 Å². The highest BCUT2D eigenvalue weighted by atomic mass is 16.7. The summed E-state index contributed by atoms with van der Waals surface area (Å²) in [6.45, 7) is 0.931. The standard InChI is InChI=1S/C28H36O15/c1-11-21(33)23(35)25(37)27(41-11)40-10-19-22(34)24(36)26(38)28(43-19)42-13-8-16(31)20(17(32)9-13)14(29)5-3-12-4-6-18(39-2)15(30)7-12/h4,6-9,11,19,21-28,30-38H,3,5,10H2,1-2H3/t11-,19+,21-,22+,23+,24-,25+,26+,27+,28+/m0/s1. The fourth-order valence-electron chi connectivity index (χ4n) is 4.84. The second-order valence-corrected chi connectivity index (χ2v) is 10.4. The van der Waals surface area contributed by atoms with E-state index in [-0.39, 0.29) is 35.7 Å². The number of ether oxygens (including phenoxy) is 5. The van der Waals surface area contributed by atoms with Crippen LogP contribution in [-0.4, -0.2) is 127 Å². The molecule has 2 saturated heterocycles. The Kier molecular flexibility index (Phi) is 10.3. The van der Waals surface area contributed by atoms with Crippen molar-refractivity contribution < 1.29 is 74.4 Å². The van der Waals surface area contributed by atoms with Crippen LogP contribution in [0.3, 0.4) is 0 Å². The van der Waals surface area contributed by atoms with Crippen LogP contribution in [0.15, 0.2) is 30.3 Å². The van der Waals surface area contributed by atoms with Crippen LogP contribution in [0, 0.1) is 0 Å². The van der Waals surface area contributed by atoms with Crippen molar-refractivity contribution in [3.8, 4) is 28.7 Å². The third-order valence-corrected chi connectivity index (χ3v) is 7.39. The van der Waals surface area contributed by atoms with E-state index in [1.807, 2.05) is 0 Å². The van der Waals surface area contributed by atoms with Crippen molar-refractivity contribution in [2.45, 2.75) is 81.2 Å². The normalized spacial score (nSPS) is 32.7. The number of phenolic OH excluding ortho intramolecular Hbond substituents is 3. The van der Waals surface area contributed by atoms with Gasteiger partial charge in [-0.3, -0.25) is 4.79 Å². The number of ketones is 1. The zero-order valence-electron chi connectivity index (χ0n) is 23.3. The number of hydrogen-bond donors (Lipinski definition) is 9. The van der Waals surface area contributed by atoms with E-state index in [1.54, 1.807) is 6.07 Å². The lowest BCUT2D eigenvalue weighted by atomic mass is 9.98. The molecular formula is C28H36O15. The number of Topliss-reactive ketones (excluding diaryl/α,β-unsaturated/α-hetero) is 1. The van der Waals surface area contributed by atoms with E-state index < -0.39 is 85.3 Å². The minimum Gasteiger partial charge on any atom is -0.507 e. The second-order valence-electron chi connectivity index (χ2n) is 10.4. The zero-order chi connectivity index (χ0) is 31.6. The van der Waals surface area contributed by atoms with E-state index in [2.05, 4.69) is 0 Å². The van der Waals surface area contributed by atoms with Crippen molar-refractivity contribution in [1.82, 2.24) is 0 Å². The van der Waals surface area contributed by atoms with E-state index in [0.29, 0.717) is 5.56 Å². The van der Waals surface area contributed by atoms with E-state index >= 15 is 0 Å². The number of rotatable bonds is 10. The van der Waals surface area contributed by atoms with Gasteiger partial charge in [0, 0.05) is 18.6 Å². The van der Waals surface area contributed by atoms with Crippen molar-refractivity contribution in [1.29, 1.82) is 0 Å². The van der Waals surface area contributed by atoms with Crippen molar-refractivity contribution in [2.75, 3.05) is 13.7 Å². The van der Waals surface area contributed by atoms with Gasteiger partial charge in [-0.2, -0.15) is 0 Å². The number of aryl methyl sites for hydroxylation is 1. The highest BCUT2D eigenvalue weighted by molar-refractivity contribution is 6.01. The molecule has 0 aromatic heterocycles. The number of aromatic hydroxyl groups is 3. The molecule has 2 aliphatic rings. The molecule has 0 radical (unpaired) electrons. The number of benzene rings is 2. The molecule has 2 aromatic carbocycles. The Morgan fingerprint density at radius 2 is 1.42 bits per heavy atom. The molecule has 2 aromatic rings. The molecular weight excluding hydrogens is 576 g/mol. The number of phenols is 3. The lowest BCUT2D eigenvalue weighted by molar-refractivity contribution is -0.318. The SMILES string of the molecule is COc1ccc(CCC(=O)c2c(O)cc(O[C@@H]3O[C@H](CO[C@@H]4O[C@@H](C)[C@H](O)[C@@H](O)[C@H]4O)[C@@H](O)[C@H](O)[C@H]3O)cc2O)cc1O. The van der Waals surface area contributed by atoms with Gasteiger partial charge in [-0.05, 0) is 31.0 Å². The van der Waals surface area contributed by atoms with Gasteiger partial charge in [-0.15, -0.1) is 0 Å². The van der Waals surface area contributed by atoms with E-state index in [9.17, 15) is 50.8 Å². The molecule has 0 amide bonds. The third-order valence-electron chi connectivity index (χ3n) is 7.39. The molecule has 4 rings (SSSR count). The number of carbonyl (C=O) groups is 1. The predicted octanol–water partition coefficient (Wildman–Crippen LogP) is -1.34. The van der Waals surface area contributed by atoms with Crippen LogP contribution in [0.1, 0.15) is 29.3 Å². The van der Waals surface area contributed by atoms with E-state index in [1.165, 1.54) is 26.2 Å². The number of methoxy groups -OCH3 is 1. The van der Waals surface area contributed by atoms with Gasteiger partial charge >= 0.3 is 0 Å². The van der Waals surface area contributed by atoms with Crippen molar-refractivity contribution in [3.63, 3.8) is 0 Å². The van der Waals surface area contributed by atoms with Gasteiger partial charge in [-0.1, -0.05) is 6.07 Å². The monoisotopic (exact) mass is 612 g/mol. The maximum atomic E-state index is 12.8. The van der Waals surface area contributed by atoms with Crippen LogP contribution in [0.5, 0.6) is 28.7 Å². The summed E-state index contributed by atoms with van der Waals surface area (Å²) in [5.74, 6) is -1.98. The van der Waals surface area contributed by atoms with Gasteiger partial charge in [0.25, 0.3) is 0 Å². The van der Waals surface area contributed by atoms with Gasteiger partial charge in [0.15, 0.2) is 23.6 Å². The fraction of sp³-hybridized carbons (Fsp3) is 0.536. The molecule has 238 valence electrons. The summed E-state index contributed by atoms with van der Waals surface area (Å²) in [6.07, 6.45) is -15.1. The number of aliphatic hydroxyl groups is 6. The quantitative estimate of drug-likeness (QED) is 0.141. The molecule has 2 heterocycles. The molecule has 43 heavy (non-hydrogen) atoms. The Hall–Kier alpha value is -3.25. The first kappa shape index (κ1) is 32.7. The lowest BCUT2D eigenvalue weighted by Crippen LogP contribution is -2.61. The van der Waals surface area contributed by atoms with Crippen molar-refractivity contribution in [2.24, 2.45) is 0 Å². The van der Waals surface area contributed by atoms with Crippen LogP contribution in [-0.2, 0) is 20.6 Å². The molecule has 0 spiro atoms. The Morgan fingerprint density at radius 1 is 0.791 bits per heavy atom. The summed E-state index contributed by atoms with van der Waals surface area (Å²) in [6, 6.07) is 6.60. The number of hydrogen-bond acceptors (Lipinski definition) is 15. The minimum atomic E-state index is -1.80. The zero-order valence-corrected chi connectivity index (χ0v) is 23.3. The van der Waals surface area contributed by atoms with E-state index in [0.717, 1.165) is 12.1 Å². The summed E-state index contributed by atoms with van der Waals surface area (Å²) in [4.78, 5) is 12.8. The molecule has 2 fully saturated rings. The molecule has 10 atom stereocenters. The Balaban J connectivity index is 1.40. The first-order valence-electron chi connectivity index (χ1n) is 13.4. The van der Waals surface area contributed by atoms with Crippen LogP contribution >= 0.6 is 0 Å². The average Bonchev–Trinajstić information content (AvgIpc) is 2.96. The topological polar surface area (TPSA) is 245 Å². The maximum absolute atomic E-state index is 12.8. The summed E-state index contributed by atoms with van der Waals surface area (Å²) >= 11 is 0. The molecule has 15 heteroatoms. The summed E-state index contributed by atoms with van der Waals surface area (Å²) < 4.78 is 26.8. The first-order chi connectivity index (χ1) is 20.3. The molecule has 15 nitrogen and oxygen atoms in total. The summed E-state index contributed by atoms with van der Waals surface area (Å²) in [7, 11) is 1.40. The second kappa shape index (κ2) is 13.6. The summed E-state index contributed by atoms with van der Waals surface area (Å²) in [5.41, 5.74) is 0.227. The molecule has 0 aliphatic carbocycles.